The molecule has 1 atom stereocenters. The van der Waals surface area contributed by atoms with Crippen molar-refractivity contribution < 1.29 is 9.59 Å². The molecular weight excluding hydrogens is 460 g/mol. The molecule has 0 saturated carbocycles. The van der Waals surface area contributed by atoms with Crippen LogP contribution in [0.1, 0.15) is 35.2 Å². The van der Waals surface area contributed by atoms with E-state index in [-0.39, 0.29) is 23.7 Å². The van der Waals surface area contributed by atoms with Crippen molar-refractivity contribution >= 4 is 57.2 Å². The third-order valence-corrected chi connectivity index (χ3v) is 6.20. The van der Waals surface area contributed by atoms with Crippen molar-refractivity contribution in [3.05, 3.63) is 101 Å². The van der Waals surface area contributed by atoms with Crippen LogP contribution in [0, 0.1) is 0 Å². The van der Waals surface area contributed by atoms with Crippen LogP contribution >= 0.6 is 11.6 Å². The van der Waals surface area contributed by atoms with Gasteiger partial charge in [0.15, 0.2) is 0 Å². The predicted molar refractivity (Wildman–Crippen MR) is 142 cm³/mol. The van der Waals surface area contributed by atoms with E-state index < -0.39 is 0 Å². The Morgan fingerprint density at radius 2 is 1.80 bits per heavy atom. The fourth-order valence-electron chi connectivity index (χ4n) is 4.22. The number of nitrogens with zero attached hydrogens (tertiary/aromatic N) is 1. The first-order valence-corrected chi connectivity index (χ1v) is 11.7. The zero-order valence-electron chi connectivity index (χ0n) is 19.0. The van der Waals surface area contributed by atoms with Gasteiger partial charge in [-0.15, -0.1) is 0 Å². The number of benzene rings is 4. The second-order valence-corrected chi connectivity index (χ2v) is 8.77. The first kappa shape index (κ1) is 22.6. The molecule has 0 fully saturated rings. The van der Waals surface area contributed by atoms with Crippen LogP contribution in [0.15, 0.2) is 89.9 Å². The SMILES string of the molecule is CCC1C(=O)Nc2ccc(NC(=Nc3ccc4ccccc4c3)NC(=O)c3cccc(Cl)c3)cc21. The Labute approximate surface area is 208 Å². The Balaban J connectivity index is 1.49. The van der Waals surface area contributed by atoms with Crippen molar-refractivity contribution in [1.82, 2.24) is 5.32 Å². The predicted octanol–water partition coefficient (Wildman–Crippen LogP) is 6.47. The lowest BCUT2D eigenvalue weighted by Crippen LogP contribution is -2.35. The zero-order chi connectivity index (χ0) is 24.4. The highest BCUT2D eigenvalue weighted by Gasteiger charge is 2.29. The van der Waals surface area contributed by atoms with Crippen molar-refractivity contribution in [3.8, 4) is 0 Å². The van der Waals surface area contributed by atoms with Gasteiger partial charge in [-0.25, -0.2) is 4.99 Å². The van der Waals surface area contributed by atoms with Crippen molar-refractivity contribution in [2.24, 2.45) is 4.99 Å². The van der Waals surface area contributed by atoms with E-state index in [2.05, 4.69) is 16.0 Å². The van der Waals surface area contributed by atoms with Crippen LogP contribution in [0.2, 0.25) is 5.02 Å². The molecule has 7 heteroatoms. The molecule has 1 aliphatic heterocycles. The van der Waals surface area contributed by atoms with Gasteiger partial charge in [0.05, 0.1) is 11.6 Å². The highest BCUT2D eigenvalue weighted by atomic mass is 35.5. The summed E-state index contributed by atoms with van der Waals surface area (Å²) in [6, 6.07) is 26.2. The Hall–Kier alpha value is -4.16. The van der Waals surface area contributed by atoms with Crippen LogP contribution in [0.25, 0.3) is 10.8 Å². The maximum atomic E-state index is 13.0. The van der Waals surface area contributed by atoms with Gasteiger partial charge in [0, 0.05) is 22.0 Å². The zero-order valence-corrected chi connectivity index (χ0v) is 19.8. The van der Waals surface area contributed by atoms with Crippen molar-refractivity contribution in [3.63, 3.8) is 0 Å². The molecule has 0 radical (unpaired) electrons. The number of carbonyl (C=O) groups excluding carboxylic acids is 2. The quantitative estimate of drug-likeness (QED) is 0.230. The number of amides is 2. The molecular formula is C28H23ClN4O2. The van der Waals surface area contributed by atoms with Gasteiger partial charge in [-0.1, -0.05) is 54.9 Å². The average Bonchev–Trinajstić information content (AvgIpc) is 3.18. The van der Waals surface area contributed by atoms with E-state index in [1.807, 2.05) is 67.6 Å². The van der Waals surface area contributed by atoms with Gasteiger partial charge in [-0.05, 0) is 71.3 Å². The summed E-state index contributed by atoms with van der Waals surface area (Å²) < 4.78 is 0. The topological polar surface area (TPSA) is 82.6 Å². The molecule has 0 saturated heterocycles. The monoisotopic (exact) mass is 482 g/mol. The minimum Gasteiger partial charge on any atom is -0.326 e. The molecule has 1 unspecified atom stereocenters. The average molecular weight is 483 g/mol. The molecule has 0 aliphatic carbocycles. The van der Waals surface area contributed by atoms with E-state index in [1.54, 1.807) is 24.3 Å². The highest BCUT2D eigenvalue weighted by molar-refractivity contribution is 6.31. The van der Waals surface area contributed by atoms with Gasteiger partial charge >= 0.3 is 0 Å². The van der Waals surface area contributed by atoms with Crippen molar-refractivity contribution in [1.29, 1.82) is 0 Å². The summed E-state index contributed by atoms with van der Waals surface area (Å²) in [5.41, 5.74) is 3.55. The fraction of sp³-hybridized carbons (Fsp3) is 0.107. The second kappa shape index (κ2) is 9.60. The standard InChI is InChI=1S/C28H23ClN4O2/c1-2-23-24-16-22(12-13-25(24)32-27(23)35)31-28(33-26(34)19-8-5-9-20(29)14-19)30-21-11-10-17-6-3-4-7-18(17)15-21/h3-16,23H,2H2,1H3,(H,32,35)(H2,30,31,33,34). The molecule has 4 aromatic carbocycles. The first-order chi connectivity index (χ1) is 17.0. The lowest BCUT2D eigenvalue weighted by Gasteiger charge is -2.14. The largest absolute Gasteiger partial charge is 0.326 e. The van der Waals surface area contributed by atoms with Gasteiger partial charge in [0.2, 0.25) is 11.9 Å². The maximum absolute atomic E-state index is 13.0. The van der Waals surface area contributed by atoms with Crippen molar-refractivity contribution in [2.75, 3.05) is 10.6 Å². The molecule has 3 N–H and O–H groups in total. The molecule has 6 nitrogen and oxygen atoms in total. The number of fused-ring (bicyclic) bond motifs is 2. The van der Waals surface area contributed by atoms with E-state index in [1.165, 1.54) is 0 Å². The third kappa shape index (κ3) is 4.88. The summed E-state index contributed by atoms with van der Waals surface area (Å²) in [6.45, 7) is 1.98. The Morgan fingerprint density at radius 1 is 0.971 bits per heavy atom. The molecule has 1 heterocycles. The number of rotatable bonds is 4. The van der Waals surface area contributed by atoms with Crippen LogP contribution < -0.4 is 16.0 Å². The minimum atomic E-state index is -0.344. The van der Waals surface area contributed by atoms with Crippen LogP contribution in [0.3, 0.4) is 0 Å². The van der Waals surface area contributed by atoms with E-state index in [0.29, 0.717) is 28.4 Å². The van der Waals surface area contributed by atoms with Crippen LogP contribution in [-0.4, -0.2) is 17.8 Å². The van der Waals surface area contributed by atoms with Gasteiger partial charge < -0.3 is 10.6 Å². The summed E-state index contributed by atoms with van der Waals surface area (Å²) >= 11 is 6.07. The summed E-state index contributed by atoms with van der Waals surface area (Å²) in [7, 11) is 0. The lowest BCUT2D eigenvalue weighted by atomic mass is 9.98. The van der Waals surface area contributed by atoms with E-state index in [9.17, 15) is 9.59 Å². The van der Waals surface area contributed by atoms with Gasteiger partial charge in [0.25, 0.3) is 5.91 Å². The Kier molecular flexibility index (Phi) is 6.21. The van der Waals surface area contributed by atoms with Crippen LogP contribution in [0.5, 0.6) is 0 Å². The third-order valence-electron chi connectivity index (χ3n) is 5.97. The van der Waals surface area contributed by atoms with E-state index >= 15 is 0 Å². The number of hydrogen-bond acceptors (Lipinski definition) is 3. The maximum Gasteiger partial charge on any atom is 0.258 e. The molecule has 0 aromatic heterocycles. The summed E-state index contributed by atoms with van der Waals surface area (Å²) in [4.78, 5) is 29.9. The first-order valence-electron chi connectivity index (χ1n) is 11.4. The number of halogens is 1. The molecule has 0 spiro atoms. The summed E-state index contributed by atoms with van der Waals surface area (Å²) in [5, 5.41) is 11.6. The van der Waals surface area contributed by atoms with E-state index in [4.69, 9.17) is 16.6 Å². The number of anilines is 2. The number of guanidine groups is 1. The van der Waals surface area contributed by atoms with E-state index in [0.717, 1.165) is 22.0 Å². The summed E-state index contributed by atoms with van der Waals surface area (Å²) in [6.07, 6.45) is 0.700. The van der Waals surface area contributed by atoms with Gasteiger partial charge in [-0.2, -0.15) is 0 Å². The summed E-state index contributed by atoms with van der Waals surface area (Å²) in [5.74, 6) is -0.285. The fourth-order valence-corrected chi connectivity index (χ4v) is 4.41. The number of carbonyl (C=O) groups is 2. The number of aliphatic imine (C=N–C) groups is 1. The molecule has 174 valence electrons. The van der Waals surface area contributed by atoms with Crippen LogP contribution in [-0.2, 0) is 4.79 Å². The van der Waals surface area contributed by atoms with Gasteiger partial charge in [0.1, 0.15) is 0 Å². The minimum absolute atomic E-state index is 0.000960. The second-order valence-electron chi connectivity index (χ2n) is 8.33. The molecule has 1 aliphatic rings. The Morgan fingerprint density at radius 3 is 2.60 bits per heavy atom. The highest BCUT2D eigenvalue weighted by Crippen LogP contribution is 2.36. The smallest absolute Gasteiger partial charge is 0.258 e. The Bertz CT molecular complexity index is 1480. The molecule has 4 aromatic rings. The van der Waals surface area contributed by atoms with Crippen LogP contribution in [0.4, 0.5) is 17.1 Å². The normalized spacial score (nSPS) is 15.0. The molecule has 0 bridgehead atoms. The lowest BCUT2D eigenvalue weighted by molar-refractivity contribution is -0.117. The molecule has 35 heavy (non-hydrogen) atoms. The molecule has 2 amide bonds. The molecule has 5 rings (SSSR count). The van der Waals surface area contributed by atoms with Gasteiger partial charge in [-0.3, -0.25) is 14.9 Å². The number of nitrogens with one attached hydrogen (secondary N) is 3. The van der Waals surface area contributed by atoms with Crippen molar-refractivity contribution in [2.45, 2.75) is 19.3 Å². The number of hydrogen-bond donors (Lipinski definition) is 3.